The summed E-state index contributed by atoms with van der Waals surface area (Å²) in [6.07, 6.45) is 2.30. The average Bonchev–Trinajstić information content (AvgIpc) is 2.30. The van der Waals surface area contributed by atoms with Crippen LogP contribution < -0.4 is 5.32 Å². The first-order valence-electron chi connectivity index (χ1n) is 2.94. The summed E-state index contributed by atoms with van der Waals surface area (Å²) in [6, 6.07) is 0. The predicted octanol–water partition coefficient (Wildman–Crippen LogP) is 0.274. The fourth-order valence-electron chi connectivity index (χ4n) is 0.765. The smallest absolute Gasteiger partial charge is 0.202 e. The summed E-state index contributed by atoms with van der Waals surface area (Å²) in [7, 11) is 3.54. The molecule has 0 aromatic carbocycles. The van der Waals surface area contributed by atoms with E-state index in [0.29, 0.717) is 11.6 Å². The van der Waals surface area contributed by atoms with Crippen molar-refractivity contribution in [1.29, 1.82) is 0 Å². The third-order valence-electron chi connectivity index (χ3n) is 1.37. The zero-order valence-corrected chi connectivity index (χ0v) is 5.96. The van der Waals surface area contributed by atoms with E-state index < -0.39 is 0 Å². The van der Waals surface area contributed by atoms with E-state index in [0.717, 1.165) is 6.29 Å². The van der Waals surface area contributed by atoms with Gasteiger partial charge in [0.05, 0.1) is 6.20 Å². The van der Waals surface area contributed by atoms with Crippen LogP contribution in [0.2, 0.25) is 0 Å². The van der Waals surface area contributed by atoms with Gasteiger partial charge in [0, 0.05) is 14.1 Å². The molecular formula is C6H9N3O. The molecule has 0 aliphatic rings. The summed E-state index contributed by atoms with van der Waals surface area (Å²) in [4.78, 5) is 14.2. The van der Waals surface area contributed by atoms with Gasteiger partial charge in [-0.15, -0.1) is 0 Å². The molecule has 1 heterocycles. The lowest BCUT2D eigenvalue weighted by atomic mass is 10.5. The standard InChI is InChI=1S/C6H9N3O/c1-7-6-8-3-5(4-10)9(6)2/h3-4H,1-2H3,(H,7,8). The normalized spacial score (nSPS) is 9.40. The Morgan fingerprint density at radius 2 is 2.50 bits per heavy atom. The highest BCUT2D eigenvalue weighted by atomic mass is 16.1. The van der Waals surface area contributed by atoms with Crippen molar-refractivity contribution in [2.24, 2.45) is 7.05 Å². The summed E-state index contributed by atoms with van der Waals surface area (Å²) in [5, 5.41) is 2.84. The van der Waals surface area contributed by atoms with E-state index in [1.54, 1.807) is 18.7 Å². The number of nitrogens with zero attached hydrogens (tertiary/aromatic N) is 2. The van der Waals surface area contributed by atoms with Crippen molar-refractivity contribution in [3.05, 3.63) is 11.9 Å². The van der Waals surface area contributed by atoms with Crippen LogP contribution in [0.25, 0.3) is 0 Å². The number of rotatable bonds is 2. The molecule has 0 radical (unpaired) electrons. The van der Waals surface area contributed by atoms with Crippen LogP contribution in [-0.2, 0) is 7.05 Å². The highest BCUT2D eigenvalue weighted by Gasteiger charge is 2.00. The summed E-state index contributed by atoms with van der Waals surface area (Å²) in [5.41, 5.74) is 0.573. The Kier molecular flexibility index (Phi) is 1.71. The Bertz CT molecular complexity index is 241. The quantitative estimate of drug-likeness (QED) is 0.598. The number of imidazole rings is 1. The van der Waals surface area contributed by atoms with E-state index in [9.17, 15) is 4.79 Å². The van der Waals surface area contributed by atoms with Gasteiger partial charge in [-0.2, -0.15) is 0 Å². The van der Waals surface area contributed by atoms with Crippen LogP contribution in [0.1, 0.15) is 10.5 Å². The molecule has 1 N–H and O–H groups in total. The molecule has 0 unspecified atom stereocenters. The summed E-state index contributed by atoms with van der Waals surface area (Å²) < 4.78 is 1.69. The van der Waals surface area contributed by atoms with Crippen LogP contribution in [0.3, 0.4) is 0 Å². The largest absolute Gasteiger partial charge is 0.359 e. The van der Waals surface area contributed by atoms with E-state index >= 15 is 0 Å². The zero-order chi connectivity index (χ0) is 7.56. The molecule has 4 heteroatoms. The van der Waals surface area contributed by atoms with E-state index in [1.165, 1.54) is 6.20 Å². The number of carbonyl (C=O) groups is 1. The lowest BCUT2D eigenvalue weighted by Crippen LogP contribution is -2.00. The molecular weight excluding hydrogens is 130 g/mol. The number of anilines is 1. The third-order valence-corrected chi connectivity index (χ3v) is 1.37. The minimum Gasteiger partial charge on any atom is -0.359 e. The molecule has 1 rings (SSSR count). The van der Waals surface area contributed by atoms with Crippen molar-refractivity contribution in [3.8, 4) is 0 Å². The minimum atomic E-state index is 0.573. The van der Waals surface area contributed by atoms with Crippen LogP contribution in [-0.4, -0.2) is 22.9 Å². The topological polar surface area (TPSA) is 46.9 Å². The molecule has 0 atom stereocenters. The van der Waals surface area contributed by atoms with Gasteiger partial charge in [0.25, 0.3) is 0 Å². The van der Waals surface area contributed by atoms with Gasteiger partial charge in [-0.1, -0.05) is 0 Å². The zero-order valence-electron chi connectivity index (χ0n) is 5.96. The van der Waals surface area contributed by atoms with Gasteiger partial charge in [-0.05, 0) is 0 Å². The predicted molar refractivity (Wildman–Crippen MR) is 38.1 cm³/mol. The Hall–Kier alpha value is -1.32. The first kappa shape index (κ1) is 6.80. The van der Waals surface area contributed by atoms with E-state index in [-0.39, 0.29) is 0 Å². The molecule has 1 aromatic rings. The SMILES string of the molecule is CNc1ncc(C=O)n1C. The lowest BCUT2D eigenvalue weighted by Gasteiger charge is -1.98. The monoisotopic (exact) mass is 139 g/mol. The van der Waals surface area contributed by atoms with E-state index in [2.05, 4.69) is 10.3 Å². The molecule has 54 valence electrons. The van der Waals surface area contributed by atoms with Gasteiger partial charge in [-0.25, -0.2) is 4.98 Å². The molecule has 0 aliphatic heterocycles. The summed E-state index contributed by atoms with van der Waals surface area (Å²) in [5.74, 6) is 0.696. The molecule has 0 bridgehead atoms. The highest BCUT2D eigenvalue weighted by molar-refractivity contribution is 5.72. The van der Waals surface area contributed by atoms with Gasteiger partial charge in [-0.3, -0.25) is 4.79 Å². The maximum Gasteiger partial charge on any atom is 0.202 e. The van der Waals surface area contributed by atoms with Crippen LogP contribution in [0.15, 0.2) is 6.20 Å². The molecule has 0 saturated heterocycles. The van der Waals surface area contributed by atoms with E-state index in [1.807, 2.05) is 0 Å². The molecule has 0 fully saturated rings. The fraction of sp³-hybridized carbons (Fsp3) is 0.333. The molecule has 10 heavy (non-hydrogen) atoms. The second-order valence-electron chi connectivity index (χ2n) is 1.93. The second kappa shape index (κ2) is 2.51. The number of nitrogens with one attached hydrogen (secondary N) is 1. The van der Waals surface area contributed by atoms with Crippen molar-refractivity contribution in [1.82, 2.24) is 9.55 Å². The third kappa shape index (κ3) is 0.877. The first-order valence-corrected chi connectivity index (χ1v) is 2.94. The average molecular weight is 139 g/mol. The Labute approximate surface area is 58.9 Å². The van der Waals surface area contributed by atoms with Crippen molar-refractivity contribution < 1.29 is 4.79 Å². The fourth-order valence-corrected chi connectivity index (χ4v) is 0.765. The lowest BCUT2D eigenvalue weighted by molar-refractivity contribution is 0.111. The molecule has 0 spiro atoms. The molecule has 0 aliphatic carbocycles. The Morgan fingerprint density at radius 1 is 1.80 bits per heavy atom. The van der Waals surface area contributed by atoms with Crippen LogP contribution in [0.5, 0.6) is 0 Å². The van der Waals surface area contributed by atoms with Gasteiger partial charge >= 0.3 is 0 Å². The Balaban J connectivity index is 3.08. The van der Waals surface area contributed by atoms with Crippen LogP contribution in [0.4, 0.5) is 5.95 Å². The number of carbonyl (C=O) groups excluding carboxylic acids is 1. The van der Waals surface area contributed by atoms with Crippen molar-refractivity contribution in [2.45, 2.75) is 0 Å². The summed E-state index contributed by atoms with van der Waals surface area (Å²) >= 11 is 0. The van der Waals surface area contributed by atoms with Gasteiger partial charge in [0.15, 0.2) is 6.29 Å². The van der Waals surface area contributed by atoms with Gasteiger partial charge < -0.3 is 9.88 Å². The summed E-state index contributed by atoms with van der Waals surface area (Å²) in [6.45, 7) is 0. The number of aldehydes is 1. The van der Waals surface area contributed by atoms with Crippen molar-refractivity contribution >= 4 is 12.2 Å². The van der Waals surface area contributed by atoms with Crippen molar-refractivity contribution in [2.75, 3.05) is 12.4 Å². The Morgan fingerprint density at radius 3 is 2.80 bits per heavy atom. The van der Waals surface area contributed by atoms with Gasteiger partial charge in [0.2, 0.25) is 5.95 Å². The maximum absolute atomic E-state index is 10.3. The molecule has 0 saturated carbocycles. The van der Waals surface area contributed by atoms with Crippen molar-refractivity contribution in [3.63, 3.8) is 0 Å². The minimum absolute atomic E-state index is 0.573. The van der Waals surface area contributed by atoms with Gasteiger partial charge in [0.1, 0.15) is 5.69 Å². The second-order valence-corrected chi connectivity index (χ2v) is 1.93. The first-order chi connectivity index (χ1) is 4.79. The van der Waals surface area contributed by atoms with Crippen LogP contribution >= 0.6 is 0 Å². The van der Waals surface area contributed by atoms with E-state index in [4.69, 9.17) is 0 Å². The number of hydrogen-bond acceptors (Lipinski definition) is 3. The highest BCUT2D eigenvalue weighted by Crippen LogP contribution is 2.03. The van der Waals surface area contributed by atoms with Crippen LogP contribution in [0, 0.1) is 0 Å². The molecule has 4 nitrogen and oxygen atoms in total. The number of hydrogen-bond donors (Lipinski definition) is 1. The molecule has 1 aromatic heterocycles. The maximum atomic E-state index is 10.3. The number of aromatic nitrogens is 2. The molecule has 0 amide bonds.